The second-order valence-corrected chi connectivity index (χ2v) is 6.43. The number of esters is 1. The fraction of sp³-hybridized carbons (Fsp3) is 0.130. The normalized spacial score (nSPS) is 10.9. The highest BCUT2D eigenvalue weighted by molar-refractivity contribution is 6.09. The highest BCUT2D eigenvalue weighted by atomic mass is 16.5. The van der Waals surface area contributed by atoms with Gasteiger partial charge in [-0.15, -0.1) is 0 Å². The molecule has 0 atom stereocenters. The van der Waals surface area contributed by atoms with E-state index in [-0.39, 0.29) is 24.7 Å². The fourth-order valence-electron chi connectivity index (χ4n) is 3.23. The van der Waals surface area contributed by atoms with Gasteiger partial charge in [0.15, 0.2) is 0 Å². The zero-order valence-corrected chi connectivity index (χ0v) is 15.4. The molecule has 140 valence electrons. The molecule has 1 aromatic heterocycles. The van der Waals surface area contributed by atoms with Gasteiger partial charge in [-0.2, -0.15) is 0 Å². The van der Waals surface area contributed by atoms with Crippen molar-refractivity contribution in [3.05, 3.63) is 78.1 Å². The minimum absolute atomic E-state index is 0.00918. The first kappa shape index (κ1) is 17.8. The maximum absolute atomic E-state index is 12.7. The molecular formula is C23H19NO4. The molecule has 0 aliphatic rings. The van der Waals surface area contributed by atoms with Gasteiger partial charge in [0.1, 0.15) is 11.3 Å². The van der Waals surface area contributed by atoms with Gasteiger partial charge in [0.05, 0.1) is 13.0 Å². The topological polar surface area (TPSA) is 68.5 Å². The molecule has 28 heavy (non-hydrogen) atoms. The van der Waals surface area contributed by atoms with Crippen LogP contribution in [0.2, 0.25) is 0 Å². The van der Waals surface area contributed by atoms with Crippen molar-refractivity contribution < 1.29 is 18.7 Å². The summed E-state index contributed by atoms with van der Waals surface area (Å²) in [5.41, 5.74) is 1.76. The number of carbonyl (C=O) groups is 2. The summed E-state index contributed by atoms with van der Waals surface area (Å²) in [7, 11) is 0. The van der Waals surface area contributed by atoms with E-state index in [0.717, 1.165) is 16.3 Å². The highest BCUT2D eigenvalue weighted by Crippen LogP contribution is 2.31. The Labute approximate surface area is 161 Å². The van der Waals surface area contributed by atoms with Crippen LogP contribution < -0.4 is 5.32 Å². The van der Waals surface area contributed by atoms with E-state index in [1.54, 1.807) is 25.1 Å². The molecule has 4 rings (SSSR count). The first-order chi connectivity index (χ1) is 13.7. The second-order valence-electron chi connectivity index (χ2n) is 6.43. The van der Waals surface area contributed by atoms with E-state index in [0.29, 0.717) is 16.7 Å². The molecule has 0 saturated carbocycles. The molecule has 0 spiro atoms. The number of carbonyl (C=O) groups excluding carboxylic acids is 2. The van der Waals surface area contributed by atoms with Crippen molar-refractivity contribution in [2.45, 2.75) is 13.3 Å². The van der Waals surface area contributed by atoms with E-state index >= 15 is 0 Å². The summed E-state index contributed by atoms with van der Waals surface area (Å²) in [4.78, 5) is 24.9. The average Bonchev–Trinajstić information content (AvgIpc) is 3.06. The lowest BCUT2D eigenvalue weighted by atomic mass is 10.0. The van der Waals surface area contributed by atoms with E-state index < -0.39 is 5.97 Å². The number of anilines is 1. The van der Waals surface area contributed by atoms with Gasteiger partial charge in [0.25, 0.3) is 0 Å². The molecule has 0 radical (unpaired) electrons. The van der Waals surface area contributed by atoms with Crippen molar-refractivity contribution in [1.82, 2.24) is 0 Å². The van der Waals surface area contributed by atoms with Crippen LogP contribution in [0.1, 0.15) is 23.0 Å². The van der Waals surface area contributed by atoms with Crippen LogP contribution in [-0.4, -0.2) is 18.5 Å². The third kappa shape index (κ3) is 3.47. The molecule has 5 heteroatoms. The number of ether oxygens (including phenoxy) is 1. The van der Waals surface area contributed by atoms with E-state index in [1.807, 2.05) is 48.5 Å². The summed E-state index contributed by atoms with van der Waals surface area (Å²) in [6.07, 6.45) is 0.187. The Morgan fingerprint density at radius 2 is 1.71 bits per heavy atom. The fourth-order valence-corrected chi connectivity index (χ4v) is 3.23. The zero-order chi connectivity index (χ0) is 19.5. The summed E-state index contributed by atoms with van der Waals surface area (Å²) in [5.74, 6) is -0.818. The number of furan rings is 1. The van der Waals surface area contributed by atoms with Gasteiger partial charge >= 0.3 is 5.97 Å². The molecule has 1 N–H and O–H groups in total. The first-order valence-electron chi connectivity index (χ1n) is 9.12. The van der Waals surface area contributed by atoms with Crippen LogP contribution in [0.15, 0.2) is 71.1 Å². The summed E-state index contributed by atoms with van der Waals surface area (Å²) >= 11 is 0. The number of hydrogen-bond donors (Lipinski definition) is 1. The maximum atomic E-state index is 12.7. The highest BCUT2D eigenvalue weighted by Gasteiger charge is 2.23. The molecular weight excluding hydrogens is 354 g/mol. The Hall–Kier alpha value is -3.60. The van der Waals surface area contributed by atoms with Gasteiger partial charge < -0.3 is 14.5 Å². The van der Waals surface area contributed by atoms with Crippen LogP contribution in [0.5, 0.6) is 0 Å². The average molecular weight is 373 g/mol. The maximum Gasteiger partial charge on any atom is 0.376 e. The van der Waals surface area contributed by atoms with Crippen LogP contribution in [0.3, 0.4) is 0 Å². The van der Waals surface area contributed by atoms with Gasteiger partial charge in [-0.3, -0.25) is 4.79 Å². The van der Waals surface area contributed by atoms with Gasteiger partial charge in [0.2, 0.25) is 11.7 Å². The largest absolute Gasteiger partial charge is 0.460 e. The van der Waals surface area contributed by atoms with E-state index in [9.17, 15) is 9.59 Å². The summed E-state index contributed by atoms with van der Waals surface area (Å²) in [5, 5.41) is 5.70. The van der Waals surface area contributed by atoms with Crippen LogP contribution in [0, 0.1) is 0 Å². The second kappa shape index (κ2) is 7.56. The molecule has 0 fully saturated rings. The number of fused-ring (bicyclic) bond motifs is 2. The predicted octanol–water partition coefficient (Wildman–Crippen LogP) is 4.94. The lowest BCUT2D eigenvalue weighted by molar-refractivity contribution is -0.115. The van der Waals surface area contributed by atoms with Crippen molar-refractivity contribution in [1.29, 1.82) is 0 Å². The Morgan fingerprint density at radius 3 is 2.54 bits per heavy atom. The standard InChI is InChI=1S/C23H19NO4/c1-2-27-23(26)22-21(18-9-5-6-10-19(18)28-22)24-20(25)14-15-11-12-16-7-3-4-8-17(16)13-15/h3-13H,2,14H2,1H3,(H,24,25). The van der Waals surface area contributed by atoms with E-state index in [2.05, 4.69) is 5.32 Å². The van der Waals surface area contributed by atoms with Crippen LogP contribution in [-0.2, 0) is 16.0 Å². The monoisotopic (exact) mass is 373 g/mol. The number of benzene rings is 3. The summed E-state index contributed by atoms with van der Waals surface area (Å²) < 4.78 is 10.7. The molecule has 4 aromatic rings. The van der Waals surface area contributed by atoms with Crippen LogP contribution >= 0.6 is 0 Å². The zero-order valence-electron chi connectivity index (χ0n) is 15.4. The third-order valence-corrected chi connectivity index (χ3v) is 4.50. The molecule has 0 saturated heterocycles. The molecule has 1 amide bonds. The quantitative estimate of drug-likeness (QED) is 0.503. The molecule has 0 aliphatic carbocycles. The van der Waals surface area contributed by atoms with Gasteiger partial charge in [-0.05, 0) is 35.4 Å². The van der Waals surface area contributed by atoms with Crippen LogP contribution in [0.25, 0.3) is 21.7 Å². The van der Waals surface area contributed by atoms with Crippen LogP contribution in [0.4, 0.5) is 5.69 Å². The lowest BCUT2D eigenvalue weighted by Gasteiger charge is -2.07. The molecule has 0 aliphatic heterocycles. The molecule has 5 nitrogen and oxygen atoms in total. The van der Waals surface area contributed by atoms with E-state index in [4.69, 9.17) is 9.15 Å². The third-order valence-electron chi connectivity index (χ3n) is 4.50. The number of para-hydroxylation sites is 1. The molecule has 0 bridgehead atoms. The Bertz CT molecular complexity index is 1180. The van der Waals surface area contributed by atoms with Crippen molar-refractivity contribution in [3.63, 3.8) is 0 Å². The number of rotatable bonds is 5. The summed E-state index contributed by atoms with van der Waals surface area (Å²) in [6, 6.07) is 21.1. The summed E-state index contributed by atoms with van der Waals surface area (Å²) in [6.45, 7) is 1.94. The number of nitrogens with one attached hydrogen (secondary N) is 1. The predicted molar refractivity (Wildman–Crippen MR) is 108 cm³/mol. The molecule has 3 aromatic carbocycles. The lowest BCUT2D eigenvalue weighted by Crippen LogP contribution is -2.16. The van der Waals surface area contributed by atoms with Crippen molar-refractivity contribution in [2.24, 2.45) is 0 Å². The minimum Gasteiger partial charge on any atom is -0.460 e. The van der Waals surface area contributed by atoms with Crippen molar-refractivity contribution in [2.75, 3.05) is 11.9 Å². The van der Waals surface area contributed by atoms with Crippen molar-refractivity contribution >= 4 is 39.3 Å². The Morgan fingerprint density at radius 1 is 0.964 bits per heavy atom. The van der Waals surface area contributed by atoms with Crippen molar-refractivity contribution in [3.8, 4) is 0 Å². The minimum atomic E-state index is -0.597. The molecule has 0 unspecified atom stereocenters. The smallest absolute Gasteiger partial charge is 0.376 e. The first-order valence-corrected chi connectivity index (χ1v) is 9.12. The van der Waals surface area contributed by atoms with Gasteiger partial charge in [0, 0.05) is 5.39 Å². The number of hydrogen-bond acceptors (Lipinski definition) is 4. The van der Waals surface area contributed by atoms with Gasteiger partial charge in [-0.1, -0.05) is 54.6 Å². The SMILES string of the molecule is CCOC(=O)c1oc2ccccc2c1NC(=O)Cc1ccc2ccccc2c1. The molecule has 1 heterocycles. The van der Waals surface area contributed by atoms with E-state index in [1.165, 1.54) is 0 Å². The Kier molecular flexibility index (Phi) is 4.81. The Balaban J connectivity index is 1.62. The number of amides is 1. The van der Waals surface area contributed by atoms with Gasteiger partial charge in [-0.25, -0.2) is 4.79 Å².